The number of benzene rings is 2. The zero-order chi connectivity index (χ0) is 20.5. The second-order valence-electron chi connectivity index (χ2n) is 8.03. The lowest BCUT2D eigenvalue weighted by atomic mass is 9.92. The van der Waals surface area contributed by atoms with Crippen LogP contribution in [0.4, 0.5) is 0 Å². The van der Waals surface area contributed by atoms with Crippen LogP contribution in [-0.4, -0.2) is 75.7 Å². The van der Waals surface area contributed by atoms with Gasteiger partial charge < -0.3 is 15.5 Å². The van der Waals surface area contributed by atoms with Gasteiger partial charge in [-0.25, -0.2) is 0 Å². The molecule has 1 aliphatic heterocycles. The van der Waals surface area contributed by atoms with Gasteiger partial charge in [-0.15, -0.1) is 24.0 Å². The van der Waals surface area contributed by atoms with E-state index >= 15 is 0 Å². The fraction of sp³-hybridized carbons (Fsp3) is 0.458. The minimum absolute atomic E-state index is 0. The Morgan fingerprint density at radius 1 is 1.00 bits per heavy atom. The highest BCUT2D eigenvalue weighted by molar-refractivity contribution is 14.0. The highest BCUT2D eigenvalue weighted by atomic mass is 127. The molecule has 0 aromatic heterocycles. The summed E-state index contributed by atoms with van der Waals surface area (Å²) < 4.78 is 0. The van der Waals surface area contributed by atoms with Gasteiger partial charge in [-0.1, -0.05) is 60.7 Å². The maximum absolute atomic E-state index is 4.45. The molecule has 1 fully saturated rings. The number of guanidine groups is 1. The number of piperazine rings is 1. The van der Waals surface area contributed by atoms with Crippen LogP contribution in [0.3, 0.4) is 0 Å². The molecule has 0 saturated carbocycles. The Bertz CT molecular complexity index is 753. The van der Waals surface area contributed by atoms with E-state index in [4.69, 9.17) is 0 Å². The molecule has 6 heteroatoms. The molecular weight excluding hydrogens is 485 g/mol. The lowest BCUT2D eigenvalue weighted by molar-refractivity contribution is 0.116. The zero-order valence-corrected chi connectivity index (χ0v) is 20.8. The van der Waals surface area contributed by atoms with Gasteiger partial charge in [0.2, 0.25) is 0 Å². The van der Waals surface area contributed by atoms with E-state index in [1.54, 1.807) is 0 Å². The van der Waals surface area contributed by atoms with Crippen LogP contribution >= 0.6 is 24.0 Å². The zero-order valence-electron chi connectivity index (χ0n) is 18.4. The highest BCUT2D eigenvalue weighted by Crippen LogP contribution is 2.20. The molecule has 0 bridgehead atoms. The number of aliphatic imine (C=N–C) groups is 1. The molecule has 3 rings (SSSR count). The van der Waals surface area contributed by atoms with Crippen LogP contribution < -0.4 is 10.6 Å². The molecule has 2 atom stereocenters. The molecule has 0 spiro atoms. The van der Waals surface area contributed by atoms with Crippen molar-refractivity contribution in [1.29, 1.82) is 0 Å². The number of halogens is 1. The van der Waals surface area contributed by atoms with Crippen molar-refractivity contribution >= 4 is 29.9 Å². The molecular formula is C24H36IN5. The Morgan fingerprint density at radius 3 is 2.33 bits per heavy atom. The third-order valence-corrected chi connectivity index (χ3v) is 5.82. The SMILES string of the molecule is CN=C(NCC(Cc1ccccc1)c1ccccc1)NCC1CN(C)CCN1C.I. The van der Waals surface area contributed by atoms with Gasteiger partial charge in [0.05, 0.1) is 0 Å². The Hall–Kier alpha value is -1.64. The third kappa shape index (κ3) is 7.56. The van der Waals surface area contributed by atoms with Crippen molar-refractivity contribution in [3.05, 3.63) is 71.8 Å². The predicted octanol–water partition coefficient (Wildman–Crippen LogP) is 3.04. The Kier molecular flexibility index (Phi) is 10.6. The molecule has 1 heterocycles. The van der Waals surface area contributed by atoms with Gasteiger partial charge >= 0.3 is 0 Å². The van der Waals surface area contributed by atoms with Crippen molar-refractivity contribution in [2.45, 2.75) is 18.4 Å². The van der Waals surface area contributed by atoms with Crippen molar-refractivity contribution < 1.29 is 0 Å². The molecule has 2 unspecified atom stereocenters. The van der Waals surface area contributed by atoms with Crippen LogP contribution in [0.5, 0.6) is 0 Å². The van der Waals surface area contributed by atoms with Crippen LogP contribution in [0.1, 0.15) is 17.0 Å². The molecule has 2 N–H and O–H groups in total. The minimum atomic E-state index is 0. The first-order valence-electron chi connectivity index (χ1n) is 10.6. The molecule has 2 aromatic rings. The summed E-state index contributed by atoms with van der Waals surface area (Å²) in [5.41, 5.74) is 2.71. The van der Waals surface area contributed by atoms with E-state index in [0.29, 0.717) is 12.0 Å². The average Bonchev–Trinajstić information content (AvgIpc) is 2.76. The molecule has 0 radical (unpaired) electrons. The van der Waals surface area contributed by atoms with Gasteiger partial charge in [0.1, 0.15) is 0 Å². The van der Waals surface area contributed by atoms with E-state index in [1.165, 1.54) is 11.1 Å². The summed E-state index contributed by atoms with van der Waals surface area (Å²) in [6.07, 6.45) is 1.00. The van der Waals surface area contributed by atoms with Crippen LogP contribution in [-0.2, 0) is 6.42 Å². The first kappa shape index (κ1) is 24.6. The fourth-order valence-electron chi connectivity index (χ4n) is 3.91. The van der Waals surface area contributed by atoms with Crippen LogP contribution in [0, 0.1) is 0 Å². The number of nitrogens with one attached hydrogen (secondary N) is 2. The number of hydrogen-bond acceptors (Lipinski definition) is 3. The quantitative estimate of drug-likeness (QED) is 0.334. The first-order valence-corrected chi connectivity index (χ1v) is 10.6. The average molecular weight is 521 g/mol. The summed E-state index contributed by atoms with van der Waals surface area (Å²) in [5, 5.41) is 7.09. The van der Waals surface area contributed by atoms with E-state index < -0.39 is 0 Å². The molecule has 164 valence electrons. The Morgan fingerprint density at radius 2 is 1.67 bits per heavy atom. The van der Waals surface area contributed by atoms with E-state index in [2.05, 4.69) is 100 Å². The van der Waals surface area contributed by atoms with Gasteiger partial charge in [-0.3, -0.25) is 9.89 Å². The molecule has 0 aliphatic carbocycles. The van der Waals surface area contributed by atoms with Crippen LogP contribution in [0.25, 0.3) is 0 Å². The summed E-state index contributed by atoms with van der Waals surface area (Å²) in [7, 11) is 6.25. The van der Waals surface area contributed by atoms with Gasteiger partial charge in [-0.2, -0.15) is 0 Å². The molecule has 2 aromatic carbocycles. The van der Waals surface area contributed by atoms with Crippen LogP contribution in [0.2, 0.25) is 0 Å². The smallest absolute Gasteiger partial charge is 0.191 e. The second-order valence-corrected chi connectivity index (χ2v) is 8.03. The standard InChI is InChI=1S/C24H35N5.HI/c1-25-24(27-18-23-19-28(2)14-15-29(23)3)26-17-22(21-12-8-5-9-13-21)16-20-10-6-4-7-11-20;/h4-13,22-23H,14-19H2,1-3H3,(H2,25,26,27);1H. The van der Waals surface area contributed by atoms with E-state index in [0.717, 1.165) is 45.1 Å². The van der Waals surface area contributed by atoms with E-state index in [1.807, 2.05) is 7.05 Å². The monoisotopic (exact) mass is 521 g/mol. The van der Waals surface area contributed by atoms with Gasteiger partial charge in [0.15, 0.2) is 5.96 Å². The number of likely N-dealkylation sites (N-methyl/N-ethyl adjacent to an activating group) is 2. The predicted molar refractivity (Wildman–Crippen MR) is 138 cm³/mol. The van der Waals surface area contributed by atoms with Crippen molar-refractivity contribution in [2.75, 3.05) is 53.9 Å². The molecule has 1 aliphatic rings. The van der Waals surface area contributed by atoms with Gasteiger partial charge in [0.25, 0.3) is 0 Å². The molecule has 0 amide bonds. The Balaban J connectivity index is 0.00000320. The Labute approximate surface area is 199 Å². The highest BCUT2D eigenvalue weighted by Gasteiger charge is 2.22. The lowest BCUT2D eigenvalue weighted by Gasteiger charge is -2.38. The van der Waals surface area contributed by atoms with Gasteiger partial charge in [-0.05, 0) is 31.6 Å². The lowest BCUT2D eigenvalue weighted by Crippen LogP contribution is -2.55. The summed E-state index contributed by atoms with van der Waals surface area (Å²) in [6, 6.07) is 22.0. The summed E-state index contributed by atoms with van der Waals surface area (Å²) >= 11 is 0. The molecule has 30 heavy (non-hydrogen) atoms. The maximum atomic E-state index is 4.45. The van der Waals surface area contributed by atoms with Crippen LogP contribution in [0.15, 0.2) is 65.7 Å². The number of rotatable bonds is 7. The largest absolute Gasteiger partial charge is 0.356 e. The second kappa shape index (κ2) is 12.9. The first-order chi connectivity index (χ1) is 14.2. The third-order valence-electron chi connectivity index (χ3n) is 5.82. The summed E-state index contributed by atoms with van der Waals surface area (Å²) in [6.45, 7) is 5.08. The van der Waals surface area contributed by atoms with Gasteiger partial charge in [0, 0.05) is 51.7 Å². The van der Waals surface area contributed by atoms with Crippen molar-refractivity contribution in [3.8, 4) is 0 Å². The maximum Gasteiger partial charge on any atom is 0.191 e. The topological polar surface area (TPSA) is 42.9 Å². The summed E-state index contributed by atoms with van der Waals surface area (Å²) in [5.74, 6) is 1.27. The van der Waals surface area contributed by atoms with E-state index in [9.17, 15) is 0 Å². The number of hydrogen-bond donors (Lipinski definition) is 2. The molecule has 5 nitrogen and oxygen atoms in total. The van der Waals surface area contributed by atoms with Crippen molar-refractivity contribution in [1.82, 2.24) is 20.4 Å². The summed E-state index contributed by atoms with van der Waals surface area (Å²) in [4.78, 5) is 9.28. The molecule has 1 saturated heterocycles. The van der Waals surface area contributed by atoms with Crippen molar-refractivity contribution in [2.24, 2.45) is 4.99 Å². The number of nitrogens with zero attached hydrogens (tertiary/aromatic N) is 3. The van der Waals surface area contributed by atoms with Crippen molar-refractivity contribution in [3.63, 3.8) is 0 Å². The minimum Gasteiger partial charge on any atom is -0.356 e. The normalized spacial score (nSPS) is 19.0. The fourth-order valence-corrected chi connectivity index (χ4v) is 3.91. The van der Waals surface area contributed by atoms with E-state index in [-0.39, 0.29) is 24.0 Å².